The Hall–Kier alpha value is -0.570. The van der Waals surface area contributed by atoms with Crippen LogP contribution in [0, 0.1) is 11.8 Å². The van der Waals surface area contributed by atoms with Gasteiger partial charge in [0.1, 0.15) is 0 Å². The van der Waals surface area contributed by atoms with Crippen molar-refractivity contribution < 1.29 is 9.90 Å². The van der Waals surface area contributed by atoms with Crippen molar-refractivity contribution in [1.82, 2.24) is 5.32 Å². The first-order chi connectivity index (χ1) is 6.88. The van der Waals surface area contributed by atoms with Gasteiger partial charge in [-0.3, -0.25) is 4.79 Å². The number of amides is 1. The maximum absolute atomic E-state index is 11.7. The number of aliphatic hydroxyl groups is 1. The minimum atomic E-state index is -0.808. The van der Waals surface area contributed by atoms with Crippen LogP contribution in [0.4, 0.5) is 0 Å². The van der Waals surface area contributed by atoms with Crippen LogP contribution in [-0.4, -0.2) is 23.2 Å². The molecular formula is C12H23NO2. The summed E-state index contributed by atoms with van der Waals surface area (Å²) in [5, 5.41) is 12.3. The summed E-state index contributed by atoms with van der Waals surface area (Å²) in [7, 11) is 0. The second-order valence-electron chi connectivity index (χ2n) is 5.49. The molecule has 0 aromatic rings. The van der Waals surface area contributed by atoms with Crippen molar-refractivity contribution in [3.05, 3.63) is 0 Å². The van der Waals surface area contributed by atoms with Gasteiger partial charge in [0.25, 0.3) is 0 Å². The second-order valence-corrected chi connectivity index (χ2v) is 5.49. The molecule has 0 aromatic heterocycles. The van der Waals surface area contributed by atoms with Crippen molar-refractivity contribution in [3.8, 4) is 0 Å². The van der Waals surface area contributed by atoms with Crippen molar-refractivity contribution in [1.29, 1.82) is 0 Å². The third-order valence-corrected chi connectivity index (χ3v) is 3.08. The zero-order chi connectivity index (χ0) is 11.5. The normalized spacial score (nSPS) is 27.5. The molecule has 0 aromatic carbocycles. The van der Waals surface area contributed by atoms with E-state index in [0.717, 1.165) is 31.6 Å². The van der Waals surface area contributed by atoms with Gasteiger partial charge in [0.2, 0.25) is 5.91 Å². The van der Waals surface area contributed by atoms with Crippen molar-refractivity contribution in [2.45, 2.75) is 52.1 Å². The molecule has 1 amide bonds. The minimum absolute atomic E-state index is 0.115. The summed E-state index contributed by atoms with van der Waals surface area (Å²) in [6.07, 6.45) is 4.30. The highest BCUT2D eigenvalue weighted by atomic mass is 16.3. The van der Waals surface area contributed by atoms with Gasteiger partial charge in [0.05, 0.1) is 5.60 Å². The Morgan fingerprint density at radius 1 is 1.33 bits per heavy atom. The van der Waals surface area contributed by atoms with Crippen molar-refractivity contribution in [2.24, 2.45) is 11.8 Å². The number of carbonyl (C=O) groups excluding carboxylic acids is 1. The smallest absolute Gasteiger partial charge is 0.223 e. The van der Waals surface area contributed by atoms with E-state index in [1.165, 1.54) is 0 Å². The lowest BCUT2D eigenvalue weighted by Crippen LogP contribution is -2.41. The SMILES string of the molecule is CC1CCC(C(=O)NCC(C)(C)O)CC1. The van der Waals surface area contributed by atoms with E-state index in [1.54, 1.807) is 13.8 Å². The lowest BCUT2D eigenvalue weighted by Gasteiger charge is -2.26. The van der Waals surface area contributed by atoms with Gasteiger partial charge in [-0.25, -0.2) is 0 Å². The first-order valence-corrected chi connectivity index (χ1v) is 5.88. The minimum Gasteiger partial charge on any atom is -0.389 e. The molecule has 3 nitrogen and oxygen atoms in total. The Morgan fingerprint density at radius 3 is 2.33 bits per heavy atom. The van der Waals surface area contributed by atoms with E-state index in [0.29, 0.717) is 6.54 Å². The molecule has 0 saturated heterocycles. The highest BCUT2D eigenvalue weighted by Crippen LogP contribution is 2.28. The first kappa shape index (κ1) is 12.5. The highest BCUT2D eigenvalue weighted by Gasteiger charge is 2.25. The van der Waals surface area contributed by atoms with Gasteiger partial charge in [-0.05, 0) is 45.4 Å². The van der Waals surface area contributed by atoms with Gasteiger partial charge in [0, 0.05) is 12.5 Å². The highest BCUT2D eigenvalue weighted by molar-refractivity contribution is 5.78. The van der Waals surface area contributed by atoms with Crippen LogP contribution < -0.4 is 5.32 Å². The van der Waals surface area contributed by atoms with Gasteiger partial charge < -0.3 is 10.4 Å². The van der Waals surface area contributed by atoms with Crippen LogP contribution in [0.25, 0.3) is 0 Å². The van der Waals surface area contributed by atoms with E-state index >= 15 is 0 Å². The molecule has 0 aliphatic heterocycles. The van der Waals surface area contributed by atoms with Crippen LogP contribution in [0.15, 0.2) is 0 Å². The molecule has 0 spiro atoms. The Kier molecular flexibility index (Phi) is 4.14. The average Bonchev–Trinajstić information content (AvgIpc) is 2.14. The molecule has 1 saturated carbocycles. The molecule has 1 fully saturated rings. The lowest BCUT2D eigenvalue weighted by molar-refractivity contribution is -0.127. The van der Waals surface area contributed by atoms with Crippen LogP contribution in [0.5, 0.6) is 0 Å². The predicted octanol–water partition coefficient (Wildman–Crippen LogP) is 1.70. The summed E-state index contributed by atoms with van der Waals surface area (Å²) in [4.78, 5) is 11.7. The summed E-state index contributed by atoms with van der Waals surface area (Å²) in [6, 6.07) is 0. The van der Waals surface area contributed by atoms with Crippen molar-refractivity contribution in [3.63, 3.8) is 0 Å². The molecule has 0 radical (unpaired) electrons. The molecule has 0 bridgehead atoms. The van der Waals surface area contributed by atoms with Gasteiger partial charge in [-0.2, -0.15) is 0 Å². The standard InChI is InChI=1S/C12H23NO2/c1-9-4-6-10(7-5-9)11(14)13-8-12(2,3)15/h9-10,15H,4-8H2,1-3H3,(H,13,14). The number of rotatable bonds is 3. The van der Waals surface area contributed by atoms with E-state index in [9.17, 15) is 9.90 Å². The summed E-state index contributed by atoms with van der Waals surface area (Å²) in [5.41, 5.74) is -0.808. The molecule has 0 atom stereocenters. The molecule has 15 heavy (non-hydrogen) atoms. The molecule has 2 N–H and O–H groups in total. The van der Waals surface area contributed by atoms with E-state index in [2.05, 4.69) is 12.2 Å². The number of hydrogen-bond donors (Lipinski definition) is 2. The maximum Gasteiger partial charge on any atom is 0.223 e. The van der Waals surface area contributed by atoms with Crippen LogP contribution in [-0.2, 0) is 4.79 Å². The van der Waals surface area contributed by atoms with E-state index < -0.39 is 5.60 Å². The summed E-state index contributed by atoms with van der Waals surface area (Å²) in [5.74, 6) is 1.05. The Balaban J connectivity index is 2.29. The predicted molar refractivity (Wildman–Crippen MR) is 60.4 cm³/mol. The number of carbonyl (C=O) groups is 1. The fraction of sp³-hybridized carbons (Fsp3) is 0.917. The number of hydrogen-bond acceptors (Lipinski definition) is 2. The topological polar surface area (TPSA) is 49.3 Å². The maximum atomic E-state index is 11.7. The fourth-order valence-corrected chi connectivity index (χ4v) is 1.97. The average molecular weight is 213 g/mol. The summed E-state index contributed by atoms with van der Waals surface area (Å²) >= 11 is 0. The monoisotopic (exact) mass is 213 g/mol. The summed E-state index contributed by atoms with van der Waals surface area (Å²) in [6.45, 7) is 6.00. The second kappa shape index (κ2) is 4.97. The Labute approximate surface area is 92.3 Å². The van der Waals surface area contributed by atoms with Crippen LogP contribution in [0.3, 0.4) is 0 Å². The molecule has 1 aliphatic rings. The zero-order valence-electron chi connectivity index (χ0n) is 10.0. The third-order valence-electron chi connectivity index (χ3n) is 3.08. The Bertz CT molecular complexity index is 212. The molecule has 0 heterocycles. The lowest BCUT2D eigenvalue weighted by atomic mass is 9.82. The van der Waals surface area contributed by atoms with Gasteiger partial charge in [-0.1, -0.05) is 6.92 Å². The van der Waals surface area contributed by atoms with E-state index in [4.69, 9.17) is 0 Å². The van der Waals surface area contributed by atoms with E-state index in [1.807, 2.05) is 0 Å². The number of nitrogens with one attached hydrogen (secondary N) is 1. The van der Waals surface area contributed by atoms with E-state index in [-0.39, 0.29) is 11.8 Å². The van der Waals surface area contributed by atoms with Crippen LogP contribution in [0.1, 0.15) is 46.5 Å². The van der Waals surface area contributed by atoms with Gasteiger partial charge in [-0.15, -0.1) is 0 Å². The molecule has 88 valence electrons. The van der Waals surface area contributed by atoms with Crippen LogP contribution in [0.2, 0.25) is 0 Å². The van der Waals surface area contributed by atoms with Crippen molar-refractivity contribution in [2.75, 3.05) is 6.54 Å². The molecule has 0 unspecified atom stereocenters. The molecule has 3 heteroatoms. The molecule has 1 aliphatic carbocycles. The molecular weight excluding hydrogens is 190 g/mol. The third kappa shape index (κ3) is 4.65. The quantitative estimate of drug-likeness (QED) is 0.749. The molecule has 1 rings (SSSR count). The van der Waals surface area contributed by atoms with Gasteiger partial charge >= 0.3 is 0 Å². The fourth-order valence-electron chi connectivity index (χ4n) is 1.97. The Morgan fingerprint density at radius 2 is 1.87 bits per heavy atom. The van der Waals surface area contributed by atoms with Crippen LogP contribution >= 0.6 is 0 Å². The van der Waals surface area contributed by atoms with Gasteiger partial charge in [0.15, 0.2) is 0 Å². The van der Waals surface area contributed by atoms with Crippen molar-refractivity contribution >= 4 is 5.91 Å². The summed E-state index contributed by atoms with van der Waals surface area (Å²) < 4.78 is 0. The zero-order valence-corrected chi connectivity index (χ0v) is 10.0. The largest absolute Gasteiger partial charge is 0.389 e. The first-order valence-electron chi connectivity index (χ1n) is 5.88.